The fourth-order valence-electron chi connectivity index (χ4n) is 6.23. The number of carbonyl (C=O) groups is 5. The minimum absolute atomic E-state index is 0.0522. The average Bonchev–Trinajstić information content (AvgIpc) is 3.17. The van der Waals surface area contributed by atoms with Crippen LogP contribution in [0.1, 0.15) is 70.5 Å². The third-order valence-corrected chi connectivity index (χ3v) is 9.70. The number of piperidine rings is 1. The molecule has 2 heterocycles. The van der Waals surface area contributed by atoms with Crippen molar-refractivity contribution in [1.29, 1.82) is 0 Å². The Bertz CT molecular complexity index is 1660. The number of carbonyl (C=O) groups excluding carboxylic acids is 5. The highest BCUT2D eigenvalue weighted by molar-refractivity contribution is 5.96. The number of rotatable bonds is 14. The molecule has 3 aromatic rings. The maximum atomic E-state index is 14.1. The van der Waals surface area contributed by atoms with Gasteiger partial charge in [-0.15, -0.1) is 0 Å². The van der Waals surface area contributed by atoms with Crippen LogP contribution in [-0.4, -0.2) is 90.3 Å². The van der Waals surface area contributed by atoms with Crippen molar-refractivity contribution in [2.45, 2.75) is 77.9 Å². The molecule has 1 aromatic heterocycles. The van der Waals surface area contributed by atoms with Crippen molar-refractivity contribution in [2.75, 3.05) is 38.6 Å². The number of aromatic nitrogens is 1. The van der Waals surface area contributed by atoms with Gasteiger partial charge in [-0.2, -0.15) is 0 Å². The smallest absolute Gasteiger partial charge is 0.318 e. The lowest BCUT2D eigenvalue weighted by Crippen LogP contribution is -2.57. The number of likely N-dealkylation sites (N-methyl/N-ethyl adjacent to an activating group) is 1. The molecule has 1 aliphatic heterocycles. The zero-order chi connectivity index (χ0) is 38.5. The predicted molar refractivity (Wildman–Crippen MR) is 206 cm³/mol. The molecule has 1 aliphatic rings. The Labute approximate surface area is 313 Å². The first kappa shape index (κ1) is 40.5. The van der Waals surface area contributed by atoms with Crippen molar-refractivity contribution in [2.24, 2.45) is 11.3 Å². The fraction of sp³-hybridized carbons (Fsp3) is 0.463. The molecular weight excluding hydrogens is 670 g/mol. The van der Waals surface area contributed by atoms with E-state index in [1.807, 2.05) is 94.4 Å². The largest absolute Gasteiger partial charge is 0.355 e. The van der Waals surface area contributed by atoms with E-state index in [0.29, 0.717) is 51.0 Å². The van der Waals surface area contributed by atoms with Crippen molar-refractivity contribution in [3.05, 3.63) is 96.3 Å². The molecule has 6 amide bonds. The van der Waals surface area contributed by atoms with Crippen LogP contribution < -0.4 is 20.9 Å². The fourth-order valence-corrected chi connectivity index (χ4v) is 6.23. The summed E-state index contributed by atoms with van der Waals surface area (Å²) < 4.78 is 0. The Morgan fingerprint density at radius 3 is 2.11 bits per heavy atom. The van der Waals surface area contributed by atoms with Gasteiger partial charge in [-0.05, 0) is 61.3 Å². The van der Waals surface area contributed by atoms with E-state index in [4.69, 9.17) is 0 Å². The number of nitrogens with one attached hydrogen (secondary N) is 3. The Hall–Kier alpha value is -5.26. The first-order valence-corrected chi connectivity index (χ1v) is 18.4. The summed E-state index contributed by atoms with van der Waals surface area (Å²) >= 11 is 0. The molecule has 3 atom stereocenters. The topological polar surface area (TPSA) is 144 Å². The average molecular weight is 726 g/mol. The van der Waals surface area contributed by atoms with E-state index >= 15 is 0 Å². The van der Waals surface area contributed by atoms with Crippen molar-refractivity contribution in [3.8, 4) is 0 Å². The first-order valence-electron chi connectivity index (χ1n) is 18.4. The number of nitrogens with zero attached hydrogens (tertiary/aromatic N) is 4. The molecule has 1 fully saturated rings. The molecule has 0 radical (unpaired) electrons. The highest BCUT2D eigenvalue weighted by atomic mass is 16.2. The SMILES string of the molecule is C[C@H](c1ccccc1)N(C)C(=O)[C@H](CCc1ccccc1)NC(=O)[C@H](CC(=O)NCC(C)(C)C)NC(=O)N1CCC(C(=O)N(C)c2cccnc2)CC1. The highest BCUT2D eigenvalue weighted by Crippen LogP contribution is 2.23. The monoisotopic (exact) mass is 725 g/mol. The summed E-state index contributed by atoms with van der Waals surface area (Å²) in [6.07, 6.45) is 4.70. The molecule has 2 aromatic carbocycles. The summed E-state index contributed by atoms with van der Waals surface area (Å²) in [6.45, 7) is 8.86. The number of aryl methyl sites for hydroxylation is 1. The summed E-state index contributed by atoms with van der Waals surface area (Å²) in [6, 6.07) is 20.0. The number of anilines is 1. The van der Waals surface area contributed by atoms with Crippen LogP contribution in [0.15, 0.2) is 85.2 Å². The molecule has 0 bridgehead atoms. The van der Waals surface area contributed by atoms with Crippen LogP contribution in [0.25, 0.3) is 0 Å². The summed E-state index contributed by atoms with van der Waals surface area (Å²) in [5.74, 6) is -1.64. The number of hydrogen-bond donors (Lipinski definition) is 3. The molecular formula is C41H55N7O5. The normalized spacial score (nSPS) is 15.0. The van der Waals surface area contributed by atoms with Crippen LogP contribution in [0, 0.1) is 11.3 Å². The van der Waals surface area contributed by atoms with Crippen LogP contribution in [-0.2, 0) is 25.6 Å². The van der Waals surface area contributed by atoms with E-state index in [2.05, 4.69) is 20.9 Å². The predicted octanol–water partition coefficient (Wildman–Crippen LogP) is 4.72. The number of benzene rings is 2. The molecule has 0 saturated carbocycles. The van der Waals surface area contributed by atoms with Gasteiger partial charge in [0.15, 0.2) is 0 Å². The highest BCUT2D eigenvalue weighted by Gasteiger charge is 2.34. The van der Waals surface area contributed by atoms with Crippen LogP contribution in [0.3, 0.4) is 0 Å². The third kappa shape index (κ3) is 12.2. The van der Waals surface area contributed by atoms with Gasteiger partial charge in [0, 0.05) is 45.8 Å². The van der Waals surface area contributed by atoms with Crippen molar-refractivity contribution in [1.82, 2.24) is 30.7 Å². The molecule has 3 N–H and O–H groups in total. The van der Waals surface area contributed by atoms with Gasteiger partial charge < -0.3 is 30.7 Å². The molecule has 53 heavy (non-hydrogen) atoms. The molecule has 12 heteroatoms. The van der Waals surface area contributed by atoms with E-state index in [1.165, 1.54) is 0 Å². The third-order valence-electron chi connectivity index (χ3n) is 9.70. The van der Waals surface area contributed by atoms with Gasteiger partial charge in [0.2, 0.25) is 23.6 Å². The number of likely N-dealkylation sites (tertiary alicyclic amines) is 1. The van der Waals surface area contributed by atoms with Crippen LogP contribution >= 0.6 is 0 Å². The van der Waals surface area contributed by atoms with Gasteiger partial charge in [0.1, 0.15) is 12.1 Å². The van der Waals surface area contributed by atoms with Gasteiger partial charge in [-0.3, -0.25) is 24.2 Å². The number of pyridine rings is 1. The Kier molecular flexibility index (Phi) is 14.5. The van der Waals surface area contributed by atoms with Crippen LogP contribution in [0.4, 0.5) is 10.5 Å². The minimum Gasteiger partial charge on any atom is -0.355 e. The molecule has 0 unspecified atom stereocenters. The molecule has 0 spiro atoms. The lowest BCUT2D eigenvalue weighted by Gasteiger charge is -2.34. The Balaban J connectivity index is 1.48. The standard InChI is InChI=1S/C41H55N7O5/c1-29(31-16-11-8-12-17-31)46(5)39(52)34(20-19-30-14-9-7-10-15-30)44-37(50)35(26-36(49)43-28-41(2,3)4)45-40(53)48-24-21-32(22-25-48)38(51)47(6)33-18-13-23-42-27-33/h7-18,23,27,29,32,34-35H,19-22,24-26,28H2,1-6H3,(H,43,49)(H,44,50)(H,45,53)/t29-,34+,35+/m1/s1. The number of hydrogen-bond acceptors (Lipinski definition) is 6. The van der Waals surface area contributed by atoms with E-state index in [1.54, 1.807) is 47.3 Å². The van der Waals surface area contributed by atoms with Crippen molar-refractivity contribution in [3.63, 3.8) is 0 Å². The lowest BCUT2D eigenvalue weighted by atomic mass is 9.95. The van der Waals surface area contributed by atoms with Crippen molar-refractivity contribution >= 4 is 35.3 Å². The second kappa shape index (κ2) is 19.0. The summed E-state index contributed by atoms with van der Waals surface area (Å²) in [7, 11) is 3.42. The number of urea groups is 1. The summed E-state index contributed by atoms with van der Waals surface area (Å²) in [5, 5.41) is 8.57. The van der Waals surface area contributed by atoms with Gasteiger partial charge in [0.25, 0.3) is 0 Å². The lowest BCUT2D eigenvalue weighted by molar-refractivity contribution is -0.138. The zero-order valence-corrected chi connectivity index (χ0v) is 31.9. The molecule has 1 saturated heterocycles. The van der Waals surface area contributed by atoms with Gasteiger partial charge in [-0.25, -0.2) is 4.79 Å². The number of amides is 6. The molecule has 12 nitrogen and oxygen atoms in total. The second-order valence-electron chi connectivity index (χ2n) is 15.0. The molecule has 0 aliphatic carbocycles. The Morgan fingerprint density at radius 1 is 0.868 bits per heavy atom. The first-order chi connectivity index (χ1) is 25.2. The van der Waals surface area contributed by atoms with Gasteiger partial charge >= 0.3 is 6.03 Å². The Morgan fingerprint density at radius 2 is 1.51 bits per heavy atom. The van der Waals surface area contributed by atoms with Crippen LogP contribution in [0.2, 0.25) is 0 Å². The van der Waals surface area contributed by atoms with E-state index in [0.717, 1.165) is 11.1 Å². The molecule has 4 rings (SSSR count). The quantitative estimate of drug-likeness (QED) is 0.220. The van der Waals surface area contributed by atoms with Gasteiger partial charge in [-0.1, -0.05) is 81.4 Å². The second-order valence-corrected chi connectivity index (χ2v) is 15.0. The molecule has 284 valence electrons. The summed E-state index contributed by atoms with van der Waals surface area (Å²) in [5.41, 5.74) is 2.46. The van der Waals surface area contributed by atoms with E-state index in [-0.39, 0.29) is 35.6 Å². The maximum Gasteiger partial charge on any atom is 0.318 e. The summed E-state index contributed by atoms with van der Waals surface area (Å²) in [4.78, 5) is 77.1. The van der Waals surface area contributed by atoms with Crippen molar-refractivity contribution < 1.29 is 24.0 Å². The maximum absolute atomic E-state index is 14.1. The zero-order valence-electron chi connectivity index (χ0n) is 31.9. The van der Waals surface area contributed by atoms with E-state index < -0.39 is 29.9 Å². The van der Waals surface area contributed by atoms with Crippen LogP contribution in [0.5, 0.6) is 0 Å². The van der Waals surface area contributed by atoms with E-state index in [9.17, 15) is 24.0 Å². The van der Waals surface area contributed by atoms with Gasteiger partial charge in [0.05, 0.1) is 24.3 Å². The minimum atomic E-state index is -1.25.